The van der Waals surface area contributed by atoms with E-state index in [1.165, 1.54) is 6.42 Å². The zero-order chi connectivity index (χ0) is 15.6. The van der Waals surface area contributed by atoms with Gasteiger partial charge in [0.2, 0.25) is 0 Å². The molecule has 0 atom stereocenters. The molecule has 0 spiro atoms. The second-order valence-electron chi connectivity index (χ2n) is 5.60. The molecule has 0 saturated heterocycles. The molecule has 0 unspecified atom stereocenters. The highest BCUT2D eigenvalue weighted by Crippen LogP contribution is 2.33. The van der Waals surface area contributed by atoms with E-state index in [0.29, 0.717) is 17.3 Å². The Morgan fingerprint density at radius 2 is 1.95 bits per heavy atom. The van der Waals surface area contributed by atoms with Gasteiger partial charge in [0.1, 0.15) is 0 Å². The highest BCUT2D eigenvalue weighted by Gasteiger charge is 2.25. The van der Waals surface area contributed by atoms with Gasteiger partial charge in [-0.05, 0) is 25.8 Å². The number of carbonyl (C=O) groups is 1. The number of carboxylic acid groups (broad SMARTS) is 1. The van der Waals surface area contributed by atoms with Crippen LogP contribution in [0.4, 0.5) is 11.4 Å². The number of anilines is 1. The summed E-state index contributed by atoms with van der Waals surface area (Å²) in [6, 6.07) is 3.00. The van der Waals surface area contributed by atoms with Gasteiger partial charge in [-0.3, -0.25) is 10.1 Å². The van der Waals surface area contributed by atoms with E-state index in [2.05, 4.69) is 0 Å². The second-order valence-corrected chi connectivity index (χ2v) is 5.60. The van der Waals surface area contributed by atoms with Crippen LogP contribution in [0.25, 0.3) is 0 Å². The summed E-state index contributed by atoms with van der Waals surface area (Å²) in [7, 11) is 1.90. The molecule has 1 aromatic carbocycles. The number of nitrogens with zero attached hydrogens (tertiary/aromatic N) is 2. The number of rotatable bonds is 4. The minimum absolute atomic E-state index is 0.0371. The summed E-state index contributed by atoms with van der Waals surface area (Å²) in [5.74, 6) is -1.14. The normalized spacial score (nSPS) is 15.7. The average Bonchev–Trinajstić information content (AvgIpc) is 2.47. The molecule has 0 radical (unpaired) electrons. The SMILES string of the molecule is Cc1c(N(C)C2CCCCC2)cc(C(=O)O)cc1[N+](=O)[O-]. The Hall–Kier alpha value is -2.11. The molecular weight excluding hydrogens is 272 g/mol. The quantitative estimate of drug-likeness (QED) is 0.679. The molecule has 6 heteroatoms. The number of nitro benzene ring substituents is 1. The lowest BCUT2D eigenvalue weighted by Gasteiger charge is -2.34. The van der Waals surface area contributed by atoms with Gasteiger partial charge in [-0.25, -0.2) is 4.79 Å². The molecule has 6 nitrogen and oxygen atoms in total. The van der Waals surface area contributed by atoms with Crippen LogP contribution >= 0.6 is 0 Å². The summed E-state index contributed by atoms with van der Waals surface area (Å²) in [4.78, 5) is 23.8. The highest BCUT2D eigenvalue weighted by atomic mass is 16.6. The van der Waals surface area contributed by atoms with E-state index in [-0.39, 0.29) is 11.3 Å². The summed E-state index contributed by atoms with van der Waals surface area (Å²) in [6.45, 7) is 1.68. The van der Waals surface area contributed by atoms with Gasteiger partial charge in [0.05, 0.1) is 16.1 Å². The fourth-order valence-electron chi connectivity index (χ4n) is 3.03. The van der Waals surface area contributed by atoms with E-state index in [4.69, 9.17) is 5.11 Å². The molecule has 0 heterocycles. The third-order valence-electron chi connectivity index (χ3n) is 4.30. The summed E-state index contributed by atoms with van der Waals surface area (Å²) < 4.78 is 0. The number of aromatic carboxylic acids is 1. The van der Waals surface area contributed by atoms with Crippen molar-refractivity contribution in [2.24, 2.45) is 0 Å². The Morgan fingerprint density at radius 3 is 2.48 bits per heavy atom. The molecule has 0 aromatic heterocycles. The lowest BCUT2D eigenvalue weighted by atomic mass is 9.93. The number of nitro groups is 1. The van der Waals surface area contributed by atoms with Crippen molar-refractivity contribution >= 4 is 17.3 Å². The minimum atomic E-state index is -1.14. The molecule has 1 fully saturated rings. The van der Waals surface area contributed by atoms with Crippen LogP contribution in [-0.2, 0) is 0 Å². The Morgan fingerprint density at radius 1 is 1.33 bits per heavy atom. The van der Waals surface area contributed by atoms with E-state index in [1.807, 2.05) is 11.9 Å². The van der Waals surface area contributed by atoms with Crippen LogP contribution in [-0.4, -0.2) is 29.1 Å². The minimum Gasteiger partial charge on any atom is -0.478 e. The van der Waals surface area contributed by atoms with Crippen molar-refractivity contribution in [3.63, 3.8) is 0 Å². The average molecular weight is 292 g/mol. The van der Waals surface area contributed by atoms with Crippen molar-refractivity contribution in [3.8, 4) is 0 Å². The molecule has 0 aliphatic heterocycles. The molecule has 21 heavy (non-hydrogen) atoms. The van der Waals surface area contributed by atoms with Crippen molar-refractivity contribution < 1.29 is 14.8 Å². The summed E-state index contributed by atoms with van der Waals surface area (Å²) in [6.07, 6.45) is 5.60. The van der Waals surface area contributed by atoms with E-state index in [0.717, 1.165) is 31.7 Å². The lowest BCUT2D eigenvalue weighted by Crippen LogP contribution is -2.34. The van der Waals surface area contributed by atoms with Crippen LogP contribution in [0.3, 0.4) is 0 Å². The van der Waals surface area contributed by atoms with Crippen molar-refractivity contribution in [2.45, 2.75) is 45.1 Å². The zero-order valence-electron chi connectivity index (χ0n) is 12.3. The maximum absolute atomic E-state index is 11.2. The first kappa shape index (κ1) is 15.3. The molecule has 1 N–H and O–H groups in total. The highest BCUT2D eigenvalue weighted by molar-refractivity contribution is 5.90. The van der Waals surface area contributed by atoms with Gasteiger partial charge >= 0.3 is 5.97 Å². The largest absolute Gasteiger partial charge is 0.478 e. The van der Waals surface area contributed by atoms with Gasteiger partial charge in [0.25, 0.3) is 5.69 Å². The van der Waals surface area contributed by atoms with E-state index >= 15 is 0 Å². The van der Waals surface area contributed by atoms with E-state index in [1.54, 1.807) is 13.0 Å². The first-order valence-electron chi connectivity index (χ1n) is 7.17. The van der Waals surface area contributed by atoms with Crippen molar-refractivity contribution in [2.75, 3.05) is 11.9 Å². The smallest absolute Gasteiger partial charge is 0.336 e. The number of hydrogen-bond acceptors (Lipinski definition) is 4. The Labute approximate surface area is 123 Å². The number of carboxylic acids is 1. The summed E-state index contributed by atoms with van der Waals surface area (Å²) in [5, 5.41) is 20.3. The van der Waals surface area contributed by atoms with E-state index < -0.39 is 10.9 Å². The maximum Gasteiger partial charge on any atom is 0.336 e. The van der Waals surface area contributed by atoms with Crippen molar-refractivity contribution in [1.29, 1.82) is 0 Å². The maximum atomic E-state index is 11.2. The predicted octanol–water partition coefficient (Wildman–Crippen LogP) is 3.37. The van der Waals surface area contributed by atoms with Crippen LogP contribution < -0.4 is 4.90 Å². The molecule has 114 valence electrons. The Balaban J connectivity index is 2.45. The van der Waals surface area contributed by atoms with Crippen molar-refractivity contribution in [3.05, 3.63) is 33.4 Å². The predicted molar refractivity (Wildman–Crippen MR) is 80.1 cm³/mol. The fourth-order valence-corrected chi connectivity index (χ4v) is 3.03. The van der Waals surface area contributed by atoms with Crippen LogP contribution in [0, 0.1) is 17.0 Å². The molecule has 1 aliphatic rings. The molecule has 2 rings (SSSR count). The molecule has 0 bridgehead atoms. The second kappa shape index (κ2) is 6.11. The van der Waals surface area contributed by atoms with Gasteiger partial charge in [-0.1, -0.05) is 19.3 Å². The zero-order valence-corrected chi connectivity index (χ0v) is 12.3. The third kappa shape index (κ3) is 3.15. The first-order valence-corrected chi connectivity index (χ1v) is 7.17. The summed E-state index contributed by atoms with van der Waals surface area (Å²) in [5.41, 5.74) is 1.00. The molecular formula is C15H20N2O4. The van der Waals surface area contributed by atoms with Gasteiger partial charge in [-0.15, -0.1) is 0 Å². The Bertz CT molecular complexity index is 565. The van der Waals surface area contributed by atoms with Crippen LogP contribution in [0.5, 0.6) is 0 Å². The monoisotopic (exact) mass is 292 g/mol. The number of benzene rings is 1. The van der Waals surface area contributed by atoms with Gasteiger partial charge in [-0.2, -0.15) is 0 Å². The van der Waals surface area contributed by atoms with Gasteiger partial charge in [0, 0.05) is 24.8 Å². The van der Waals surface area contributed by atoms with E-state index in [9.17, 15) is 14.9 Å². The van der Waals surface area contributed by atoms with Crippen LogP contribution in [0.1, 0.15) is 48.0 Å². The topological polar surface area (TPSA) is 83.7 Å². The first-order chi connectivity index (χ1) is 9.91. The van der Waals surface area contributed by atoms with Crippen LogP contribution in [0.15, 0.2) is 12.1 Å². The van der Waals surface area contributed by atoms with Gasteiger partial charge in [0.15, 0.2) is 0 Å². The van der Waals surface area contributed by atoms with Crippen LogP contribution in [0.2, 0.25) is 0 Å². The molecule has 1 aromatic rings. The Kier molecular flexibility index (Phi) is 4.45. The summed E-state index contributed by atoms with van der Waals surface area (Å²) >= 11 is 0. The molecule has 0 amide bonds. The van der Waals surface area contributed by atoms with Crippen molar-refractivity contribution in [1.82, 2.24) is 0 Å². The molecule has 1 aliphatic carbocycles. The molecule has 1 saturated carbocycles. The lowest BCUT2D eigenvalue weighted by molar-refractivity contribution is -0.385. The third-order valence-corrected chi connectivity index (χ3v) is 4.30. The number of hydrogen-bond donors (Lipinski definition) is 1. The van der Waals surface area contributed by atoms with Gasteiger partial charge < -0.3 is 10.0 Å². The fraction of sp³-hybridized carbons (Fsp3) is 0.533. The standard InChI is InChI=1S/C15H20N2O4/c1-10-13(16(2)12-6-4-3-5-7-12)8-11(15(18)19)9-14(10)17(20)21/h8-9,12H,3-7H2,1-2H3,(H,18,19).